The number of aliphatic hydroxyl groups is 11. The van der Waals surface area contributed by atoms with Gasteiger partial charge >= 0.3 is 0 Å². The van der Waals surface area contributed by atoms with Gasteiger partial charge in [0.05, 0.1) is 68.3 Å². The maximum atomic E-state index is 11.0. The molecule has 3 aromatic rings. The minimum absolute atomic E-state index is 0.00447. The van der Waals surface area contributed by atoms with Crippen LogP contribution < -0.4 is 0 Å². The van der Waals surface area contributed by atoms with Crippen molar-refractivity contribution in [3.05, 3.63) is 35.7 Å². The molecule has 0 bridgehead atoms. The van der Waals surface area contributed by atoms with E-state index in [0.717, 1.165) is 0 Å². The predicted molar refractivity (Wildman–Crippen MR) is 201 cm³/mol. The van der Waals surface area contributed by atoms with E-state index in [-0.39, 0.29) is 57.3 Å². The van der Waals surface area contributed by atoms with Crippen LogP contribution in [0.15, 0.2) is 18.6 Å². The SMILES string of the molecule is Cc1cn(CC2O[C@H](OCc3cn(CC4O[C@H](OCc5cn(C[C@H]6OC(CCl)(O[C@H]7O[C@H](CCO)[C@H](Cl)[C@H](O)[C@H]7O)[C@@H](O)[C@@H]6O)nn5)[C@@H](O)[C@@H](O)[C@@H]4O)nn3)[C@@H](O)[C@@H](O)C2O)nn1. The Bertz CT molecular complexity index is 1920. The highest BCUT2D eigenvalue weighted by Gasteiger charge is 2.58. The van der Waals surface area contributed by atoms with E-state index in [0.29, 0.717) is 5.69 Å². The molecule has 4 saturated heterocycles. The largest absolute Gasteiger partial charge is 0.396 e. The van der Waals surface area contributed by atoms with Crippen LogP contribution >= 0.6 is 23.2 Å². The summed E-state index contributed by atoms with van der Waals surface area (Å²) in [5, 5.41) is 138. The monoisotopic (exact) mass is 943 g/mol. The van der Waals surface area contributed by atoms with Gasteiger partial charge in [-0.25, -0.2) is 14.0 Å². The number of alkyl halides is 2. The van der Waals surface area contributed by atoms with Crippen molar-refractivity contribution < 1.29 is 89.3 Å². The van der Waals surface area contributed by atoms with E-state index in [1.54, 1.807) is 13.1 Å². The number of aryl methyl sites for hydroxylation is 1. The van der Waals surface area contributed by atoms with Crippen LogP contribution in [0.2, 0.25) is 0 Å². The molecule has 354 valence electrons. The molecule has 4 aliphatic rings. The zero-order chi connectivity index (χ0) is 45.3. The Kier molecular flexibility index (Phi) is 15.6. The Morgan fingerprint density at radius 1 is 0.603 bits per heavy atom. The minimum Gasteiger partial charge on any atom is -0.396 e. The first-order chi connectivity index (χ1) is 30.0. The van der Waals surface area contributed by atoms with Crippen LogP contribution in [0, 0.1) is 6.92 Å². The van der Waals surface area contributed by atoms with Crippen LogP contribution in [-0.4, -0.2) is 229 Å². The first-order valence-electron chi connectivity index (χ1n) is 19.8. The summed E-state index contributed by atoms with van der Waals surface area (Å²) in [6.45, 7) is 0.395. The molecule has 11 N–H and O–H groups in total. The lowest BCUT2D eigenvalue weighted by atomic mass is 9.99. The van der Waals surface area contributed by atoms with Crippen molar-refractivity contribution in [2.45, 2.75) is 162 Å². The van der Waals surface area contributed by atoms with Gasteiger partial charge in [0.15, 0.2) is 18.9 Å². The van der Waals surface area contributed by atoms with Crippen molar-refractivity contribution >= 4 is 23.2 Å². The Hall–Kier alpha value is -2.72. The summed E-state index contributed by atoms with van der Waals surface area (Å²) in [6.07, 6.45) is -20.6. The molecule has 0 radical (unpaired) electrons. The second kappa shape index (κ2) is 20.4. The Morgan fingerprint density at radius 3 is 1.57 bits per heavy atom. The van der Waals surface area contributed by atoms with Gasteiger partial charge in [0.2, 0.25) is 5.79 Å². The van der Waals surface area contributed by atoms with E-state index in [1.165, 1.54) is 26.4 Å². The average molecular weight is 945 g/mol. The maximum absolute atomic E-state index is 11.0. The molecule has 4 aliphatic heterocycles. The zero-order valence-electron chi connectivity index (χ0n) is 33.3. The molecule has 0 spiro atoms. The fraction of sp³-hybridized carbons (Fsp3) is 0.824. The van der Waals surface area contributed by atoms with Crippen molar-refractivity contribution in [1.29, 1.82) is 0 Å². The second-order valence-electron chi connectivity index (χ2n) is 15.7. The van der Waals surface area contributed by atoms with Gasteiger partial charge in [-0.15, -0.1) is 38.5 Å². The maximum Gasteiger partial charge on any atom is 0.214 e. The number of aromatic nitrogens is 9. The number of halogens is 2. The van der Waals surface area contributed by atoms with E-state index >= 15 is 0 Å². The molecule has 0 amide bonds. The fourth-order valence-electron chi connectivity index (χ4n) is 7.56. The van der Waals surface area contributed by atoms with E-state index in [9.17, 15) is 56.2 Å². The number of hydrogen-bond acceptors (Lipinski definition) is 24. The second-order valence-corrected chi connectivity index (χ2v) is 16.5. The standard InChI is InChI=1S/C34H51Cl2N9O18/c1-13-4-43(40-37-13)7-17-21(47)25(51)28(54)31(60-17)57-10-14-5-44(41-38-14)8-18-22(48)26(52)29(55)32(61-18)58-11-15-6-45(42-39-15)9-19-23(49)30(56)34(12-35,62-19)63-33-27(53)24(50)20(36)16(59-33)2-3-46/h4-6,16-33,46-56H,2-3,7-12H2,1H3/t16-,17?,18?,19-,20+,21?,22-,23-,24+,25+,26+,27-,28+,29+,30+,31+,32+,33-,34?/m1/s1. The molecule has 4 unspecified atom stereocenters. The lowest BCUT2D eigenvalue weighted by molar-refractivity contribution is -0.357. The average Bonchev–Trinajstić information content (AvgIpc) is 4.07. The third kappa shape index (κ3) is 10.5. The summed E-state index contributed by atoms with van der Waals surface area (Å²) in [6, 6.07) is 0. The zero-order valence-corrected chi connectivity index (χ0v) is 34.9. The molecular weight excluding hydrogens is 893 g/mol. The quantitative estimate of drug-likeness (QED) is 0.0560. The van der Waals surface area contributed by atoms with Crippen LogP contribution in [-0.2, 0) is 66.0 Å². The first-order valence-corrected chi connectivity index (χ1v) is 20.8. The Morgan fingerprint density at radius 2 is 1.08 bits per heavy atom. The van der Waals surface area contributed by atoms with E-state index in [4.69, 9.17) is 56.4 Å². The third-order valence-corrected chi connectivity index (χ3v) is 12.0. The molecule has 3 aromatic heterocycles. The lowest BCUT2D eigenvalue weighted by Crippen LogP contribution is -2.60. The van der Waals surface area contributed by atoms with Crippen molar-refractivity contribution in [1.82, 2.24) is 45.0 Å². The van der Waals surface area contributed by atoms with E-state index in [2.05, 4.69) is 30.9 Å². The van der Waals surface area contributed by atoms with Gasteiger partial charge in [-0.2, -0.15) is 0 Å². The lowest BCUT2D eigenvalue weighted by Gasteiger charge is -2.43. The Labute approximate surface area is 366 Å². The van der Waals surface area contributed by atoms with Crippen LogP contribution in [0.3, 0.4) is 0 Å². The molecule has 29 heteroatoms. The molecule has 0 aliphatic carbocycles. The number of rotatable bonds is 17. The fourth-order valence-corrected chi connectivity index (χ4v) is 8.18. The predicted octanol–water partition coefficient (Wildman–Crippen LogP) is -6.67. The van der Waals surface area contributed by atoms with Gasteiger partial charge in [0.25, 0.3) is 0 Å². The van der Waals surface area contributed by atoms with Crippen LogP contribution in [0.4, 0.5) is 0 Å². The van der Waals surface area contributed by atoms with Crippen LogP contribution in [0.1, 0.15) is 23.5 Å². The molecule has 0 aromatic carbocycles. The number of hydrogen-bond donors (Lipinski definition) is 11. The molecule has 27 nitrogen and oxygen atoms in total. The normalized spacial score (nSPS) is 41.0. The van der Waals surface area contributed by atoms with E-state index in [1.807, 2.05) is 0 Å². The summed E-state index contributed by atoms with van der Waals surface area (Å²) < 4.78 is 44.1. The molecule has 4 fully saturated rings. The molecular formula is C34H51Cl2N9O18. The van der Waals surface area contributed by atoms with Gasteiger partial charge in [-0.05, 0) is 13.3 Å². The summed E-state index contributed by atoms with van der Waals surface area (Å²) in [7, 11) is 0. The molecule has 7 heterocycles. The van der Waals surface area contributed by atoms with Gasteiger partial charge in [0, 0.05) is 12.8 Å². The smallest absolute Gasteiger partial charge is 0.214 e. The highest BCUT2D eigenvalue weighted by molar-refractivity contribution is 6.21. The number of ether oxygens (including phenoxy) is 7. The number of nitrogens with zero attached hydrogens (tertiary/aromatic N) is 9. The van der Waals surface area contributed by atoms with Gasteiger partial charge in [-0.3, -0.25) is 0 Å². The minimum atomic E-state index is -2.13. The highest BCUT2D eigenvalue weighted by Crippen LogP contribution is 2.39. The van der Waals surface area contributed by atoms with Crippen LogP contribution in [0.5, 0.6) is 0 Å². The van der Waals surface area contributed by atoms with E-state index < -0.39 is 121 Å². The highest BCUT2D eigenvalue weighted by atomic mass is 35.5. The van der Waals surface area contributed by atoms with Crippen molar-refractivity contribution in [2.24, 2.45) is 0 Å². The van der Waals surface area contributed by atoms with Crippen molar-refractivity contribution in [3.8, 4) is 0 Å². The Balaban J connectivity index is 0.907. The molecule has 7 rings (SSSR count). The van der Waals surface area contributed by atoms with Crippen LogP contribution in [0.25, 0.3) is 0 Å². The summed E-state index contributed by atoms with van der Waals surface area (Å²) in [5.41, 5.74) is 1.04. The van der Waals surface area contributed by atoms with Crippen molar-refractivity contribution in [3.63, 3.8) is 0 Å². The first kappa shape index (κ1) is 48.2. The van der Waals surface area contributed by atoms with Gasteiger partial charge < -0.3 is 89.3 Å². The summed E-state index contributed by atoms with van der Waals surface area (Å²) in [5.74, 6) is -2.68. The topological polar surface area (TPSA) is 379 Å². The van der Waals surface area contributed by atoms with Gasteiger partial charge in [0.1, 0.15) is 90.7 Å². The summed E-state index contributed by atoms with van der Waals surface area (Å²) in [4.78, 5) is 0. The molecule has 63 heavy (non-hydrogen) atoms. The molecule has 19 atom stereocenters. The molecule has 0 saturated carbocycles. The number of aliphatic hydroxyl groups excluding tert-OH is 11. The van der Waals surface area contributed by atoms with Gasteiger partial charge in [-0.1, -0.05) is 15.6 Å². The third-order valence-electron chi connectivity index (χ3n) is 11.1. The summed E-state index contributed by atoms with van der Waals surface area (Å²) >= 11 is 12.3. The van der Waals surface area contributed by atoms with Crippen molar-refractivity contribution in [2.75, 3.05) is 12.5 Å².